The number of carboxylic acids is 1. The van der Waals surface area contributed by atoms with E-state index in [0.717, 1.165) is 6.07 Å². The van der Waals surface area contributed by atoms with Gasteiger partial charge in [-0.3, -0.25) is 10.1 Å². The molecule has 1 aromatic rings. The second kappa shape index (κ2) is 7.06. The Balaban J connectivity index is 2.97. The minimum Gasteiger partial charge on any atom is -0.478 e. The molecule has 0 saturated carbocycles. The van der Waals surface area contributed by atoms with E-state index < -0.39 is 10.9 Å². The Bertz CT molecular complexity index is 518. The standard InChI is InChI=1S/C15H22N2O4/c1-9(2)12(10(3)4)8-16-13-6-5-11(15(18)19)7-14(13)17(20)21/h5-7,9-10,12,16H,8H2,1-4H3,(H,18,19). The number of nitro benzene ring substituents is 1. The van der Waals surface area contributed by atoms with Crippen LogP contribution < -0.4 is 5.32 Å². The summed E-state index contributed by atoms with van der Waals surface area (Å²) < 4.78 is 0. The Morgan fingerprint density at radius 1 is 1.29 bits per heavy atom. The second-order valence-electron chi connectivity index (χ2n) is 5.83. The monoisotopic (exact) mass is 294 g/mol. The lowest BCUT2D eigenvalue weighted by atomic mass is 9.85. The van der Waals surface area contributed by atoms with Gasteiger partial charge in [0.05, 0.1) is 10.5 Å². The summed E-state index contributed by atoms with van der Waals surface area (Å²) in [6.07, 6.45) is 0. The number of nitrogens with zero attached hydrogens (tertiary/aromatic N) is 1. The highest BCUT2D eigenvalue weighted by Gasteiger charge is 2.21. The van der Waals surface area contributed by atoms with Gasteiger partial charge in [0, 0.05) is 12.6 Å². The van der Waals surface area contributed by atoms with Crippen LogP contribution in [0.25, 0.3) is 0 Å². The predicted molar refractivity (Wildman–Crippen MR) is 81.7 cm³/mol. The van der Waals surface area contributed by atoms with Gasteiger partial charge in [-0.1, -0.05) is 27.7 Å². The lowest BCUT2D eigenvalue weighted by molar-refractivity contribution is -0.384. The highest BCUT2D eigenvalue weighted by atomic mass is 16.6. The van der Waals surface area contributed by atoms with Crippen LogP contribution in [0.1, 0.15) is 38.1 Å². The number of anilines is 1. The number of benzene rings is 1. The maximum atomic E-state index is 11.1. The van der Waals surface area contributed by atoms with Gasteiger partial charge in [0.1, 0.15) is 5.69 Å². The second-order valence-corrected chi connectivity index (χ2v) is 5.83. The van der Waals surface area contributed by atoms with E-state index in [4.69, 9.17) is 5.11 Å². The lowest BCUT2D eigenvalue weighted by Crippen LogP contribution is -2.24. The Hall–Kier alpha value is -2.11. The summed E-state index contributed by atoms with van der Waals surface area (Å²) in [6, 6.07) is 3.92. The first-order valence-corrected chi connectivity index (χ1v) is 6.99. The summed E-state index contributed by atoms with van der Waals surface area (Å²) in [5.74, 6) is 0.111. The molecule has 0 fully saturated rings. The van der Waals surface area contributed by atoms with Gasteiger partial charge in [0.25, 0.3) is 5.69 Å². The third-order valence-corrected chi connectivity index (χ3v) is 3.68. The van der Waals surface area contributed by atoms with Gasteiger partial charge < -0.3 is 10.4 Å². The average molecular weight is 294 g/mol. The number of hydrogen-bond donors (Lipinski definition) is 2. The molecule has 0 unspecified atom stereocenters. The molecule has 0 atom stereocenters. The molecule has 2 N–H and O–H groups in total. The fourth-order valence-electron chi connectivity index (χ4n) is 2.43. The topological polar surface area (TPSA) is 92.5 Å². The lowest BCUT2D eigenvalue weighted by Gasteiger charge is -2.25. The Morgan fingerprint density at radius 3 is 2.29 bits per heavy atom. The van der Waals surface area contributed by atoms with E-state index in [-0.39, 0.29) is 11.3 Å². The largest absolute Gasteiger partial charge is 0.478 e. The Morgan fingerprint density at radius 2 is 1.86 bits per heavy atom. The molecular weight excluding hydrogens is 272 g/mol. The number of hydrogen-bond acceptors (Lipinski definition) is 4. The van der Waals surface area contributed by atoms with Crippen molar-refractivity contribution in [1.29, 1.82) is 0 Å². The minimum atomic E-state index is -1.17. The number of nitrogens with one attached hydrogen (secondary N) is 1. The van der Waals surface area contributed by atoms with Crippen LogP contribution >= 0.6 is 0 Å². The first-order valence-electron chi connectivity index (χ1n) is 6.99. The molecule has 1 aromatic carbocycles. The van der Waals surface area contributed by atoms with Crippen LogP contribution in [0.2, 0.25) is 0 Å². The van der Waals surface area contributed by atoms with Crippen LogP contribution in [0.4, 0.5) is 11.4 Å². The molecule has 0 aliphatic rings. The molecule has 0 saturated heterocycles. The average Bonchev–Trinajstić information content (AvgIpc) is 2.37. The number of nitro groups is 1. The maximum absolute atomic E-state index is 11.1. The molecule has 0 radical (unpaired) electrons. The van der Waals surface area contributed by atoms with E-state index >= 15 is 0 Å². The molecule has 0 aliphatic heterocycles. The first-order chi connectivity index (χ1) is 9.73. The van der Waals surface area contributed by atoms with Gasteiger partial charge in [-0.25, -0.2) is 4.79 Å². The SMILES string of the molecule is CC(C)C(CNc1ccc(C(=O)O)cc1[N+](=O)[O-])C(C)C. The normalized spacial score (nSPS) is 11.2. The number of carboxylic acid groups (broad SMARTS) is 1. The third-order valence-electron chi connectivity index (χ3n) is 3.68. The molecule has 0 amide bonds. The molecule has 6 nitrogen and oxygen atoms in total. The molecule has 116 valence electrons. The molecule has 0 bridgehead atoms. The van der Waals surface area contributed by atoms with Crippen LogP contribution in [0.15, 0.2) is 18.2 Å². The molecule has 0 spiro atoms. The zero-order valence-corrected chi connectivity index (χ0v) is 12.8. The molecule has 0 heterocycles. The minimum absolute atomic E-state index is 0.0866. The van der Waals surface area contributed by atoms with Crippen molar-refractivity contribution in [3.05, 3.63) is 33.9 Å². The van der Waals surface area contributed by atoms with Gasteiger partial charge in [0.15, 0.2) is 0 Å². The van der Waals surface area contributed by atoms with Crippen LogP contribution in [0, 0.1) is 27.9 Å². The molecule has 6 heteroatoms. The molecule has 21 heavy (non-hydrogen) atoms. The highest BCUT2D eigenvalue weighted by Crippen LogP contribution is 2.28. The molecule has 1 rings (SSSR count). The van der Waals surface area contributed by atoms with Crippen molar-refractivity contribution in [1.82, 2.24) is 0 Å². The highest BCUT2D eigenvalue weighted by molar-refractivity contribution is 5.89. The van der Waals surface area contributed by atoms with Crippen molar-refractivity contribution < 1.29 is 14.8 Å². The summed E-state index contributed by atoms with van der Waals surface area (Å²) in [6.45, 7) is 9.09. The van der Waals surface area contributed by atoms with Crippen LogP contribution in [0.5, 0.6) is 0 Å². The van der Waals surface area contributed by atoms with Crippen molar-refractivity contribution in [3.63, 3.8) is 0 Å². The number of rotatable bonds is 7. The van der Waals surface area contributed by atoms with Gasteiger partial charge in [-0.2, -0.15) is 0 Å². The zero-order chi connectivity index (χ0) is 16.2. The molecule has 0 aliphatic carbocycles. The van der Waals surface area contributed by atoms with E-state index in [9.17, 15) is 14.9 Å². The Labute approximate surface area is 124 Å². The number of aromatic carboxylic acids is 1. The summed E-state index contributed by atoms with van der Waals surface area (Å²) in [7, 11) is 0. The van der Waals surface area contributed by atoms with Gasteiger partial charge in [-0.15, -0.1) is 0 Å². The van der Waals surface area contributed by atoms with E-state index in [2.05, 4.69) is 33.0 Å². The predicted octanol–water partition coefficient (Wildman–Crippen LogP) is 3.63. The van der Waals surface area contributed by atoms with E-state index in [1.54, 1.807) is 0 Å². The number of carbonyl (C=O) groups is 1. The van der Waals surface area contributed by atoms with Crippen molar-refractivity contribution in [2.75, 3.05) is 11.9 Å². The summed E-state index contributed by atoms with van der Waals surface area (Å²) in [5.41, 5.74) is 0.0639. The third kappa shape index (κ3) is 4.44. The fourth-order valence-corrected chi connectivity index (χ4v) is 2.43. The van der Waals surface area contributed by atoms with Crippen LogP contribution in [-0.4, -0.2) is 22.5 Å². The van der Waals surface area contributed by atoms with Crippen molar-refractivity contribution in [2.24, 2.45) is 17.8 Å². The maximum Gasteiger partial charge on any atom is 0.335 e. The fraction of sp³-hybridized carbons (Fsp3) is 0.533. The van der Waals surface area contributed by atoms with E-state index in [1.807, 2.05) is 0 Å². The quantitative estimate of drug-likeness (QED) is 0.591. The van der Waals surface area contributed by atoms with Gasteiger partial charge in [-0.05, 0) is 29.9 Å². The Kier molecular flexibility index (Phi) is 5.69. The molecule has 0 aromatic heterocycles. The summed E-state index contributed by atoms with van der Waals surface area (Å²) >= 11 is 0. The van der Waals surface area contributed by atoms with Crippen molar-refractivity contribution >= 4 is 17.3 Å². The van der Waals surface area contributed by atoms with Crippen LogP contribution in [0.3, 0.4) is 0 Å². The smallest absolute Gasteiger partial charge is 0.335 e. The van der Waals surface area contributed by atoms with Crippen molar-refractivity contribution in [3.8, 4) is 0 Å². The van der Waals surface area contributed by atoms with Crippen molar-refractivity contribution in [2.45, 2.75) is 27.7 Å². The molecular formula is C15H22N2O4. The van der Waals surface area contributed by atoms with E-state index in [0.29, 0.717) is 30.0 Å². The van der Waals surface area contributed by atoms with Gasteiger partial charge >= 0.3 is 5.97 Å². The van der Waals surface area contributed by atoms with E-state index in [1.165, 1.54) is 12.1 Å². The summed E-state index contributed by atoms with van der Waals surface area (Å²) in [4.78, 5) is 21.4. The summed E-state index contributed by atoms with van der Waals surface area (Å²) in [5, 5.41) is 23.1. The zero-order valence-electron chi connectivity index (χ0n) is 12.8. The van der Waals surface area contributed by atoms with Gasteiger partial charge in [0.2, 0.25) is 0 Å². The van der Waals surface area contributed by atoms with Crippen LogP contribution in [-0.2, 0) is 0 Å². The first kappa shape index (κ1) is 16.9.